The van der Waals surface area contributed by atoms with Crippen molar-refractivity contribution in [2.45, 2.75) is 25.9 Å². The lowest BCUT2D eigenvalue weighted by atomic mass is 10.2. The van der Waals surface area contributed by atoms with Gasteiger partial charge in [-0.25, -0.2) is 4.79 Å². The third-order valence-corrected chi connectivity index (χ3v) is 4.57. The van der Waals surface area contributed by atoms with Gasteiger partial charge in [-0.1, -0.05) is 47.5 Å². The van der Waals surface area contributed by atoms with Crippen LogP contribution in [0.5, 0.6) is 0 Å². The lowest BCUT2D eigenvalue weighted by Crippen LogP contribution is -2.43. The van der Waals surface area contributed by atoms with E-state index in [4.69, 9.17) is 11.6 Å². The molecular weight excluding hydrogens is 338 g/mol. The second kappa shape index (κ2) is 7.57. The zero-order valence-corrected chi connectivity index (χ0v) is 14.7. The van der Waals surface area contributed by atoms with Crippen molar-refractivity contribution in [1.29, 1.82) is 0 Å². The smallest absolute Gasteiger partial charge is 0.315 e. The Morgan fingerprint density at radius 2 is 1.92 bits per heavy atom. The highest BCUT2D eigenvalue weighted by molar-refractivity contribution is 6.31. The maximum atomic E-state index is 12.2. The van der Waals surface area contributed by atoms with Gasteiger partial charge in [0.2, 0.25) is 5.91 Å². The van der Waals surface area contributed by atoms with Crippen LogP contribution in [-0.2, 0) is 11.3 Å². The van der Waals surface area contributed by atoms with E-state index in [1.165, 1.54) is 0 Å². The number of nitrogens with zero attached hydrogens (tertiary/aromatic N) is 1. The molecule has 3 amide bonds. The first-order chi connectivity index (χ1) is 12.0. The minimum absolute atomic E-state index is 0.0141. The Hall–Kier alpha value is -2.53. The van der Waals surface area contributed by atoms with Crippen LogP contribution in [0.4, 0.5) is 10.5 Å². The summed E-state index contributed by atoms with van der Waals surface area (Å²) in [5, 5.41) is 6.25. The van der Waals surface area contributed by atoms with Crippen LogP contribution >= 0.6 is 11.6 Å². The molecule has 1 fully saturated rings. The van der Waals surface area contributed by atoms with Gasteiger partial charge in [-0.15, -0.1) is 0 Å². The molecule has 5 nitrogen and oxygen atoms in total. The van der Waals surface area contributed by atoms with Crippen LogP contribution < -0.4 is 15.5 Å². The van der Waals surface area contributed by atoms with E-state index in [-0.39, 0.29) is 18.0 Å². The first-order valence-corrected chi connectivity index (χ1v) is 8.55. The van der Waals surface area contributed by atoms with Crippen molar-refractivity contribution in [2.75, 3.05) is 11.4 Å². The number of hydrogen-bond donors (Lipinski definition) is 2. The predicted molar refractivity (Wildman–Crippen MR) is 98.8 cm³/mol. The molecular formula is C19H20ClN3O2. The number of hydrogen-bond acceptors (Lipinski definition) is 2. The van der Waals surface area contributed by atoms with E-state index in [1.54, 1.807) is 11.0 Å². The zero-order chi connectivity index (χ0) is 17.8. The number of carbonyl (C=O) groups excluding carboxylic acids is 2. The molecule has 130 valence electrons. The molecule has 6 heteroatoms. The van der Waals surface area contributed by atoms with Crippen molar-refractivity contribution in [2.24, 2.45) is 0 Å². The van der Waals surface area contributed by atoms with E-state index in [1.807, 2.05) is 49.4 Å². The predicted octanol–water partition coefficient (Wildman–Crippen LogP) is 3.25. The van der Waals surface area contributed by atoms with Gasteiger partial charge in [0.15, 0.2) is 0 Å². The van der Waals surface area contributed by atoms with Crippen LogP contribution in [0, 0.1) is 6.92 Å². The first-order valence-electron chi connectivity index (χ1n) is 8.18. The largest absolute Gasteiger partial charge is 0.334 e. The normalized spacial score (nSPS) is 16.8. The molecule has 0 aliphatic carbocycles. The second-order valence-electron chi connectivity index (χ2n) is 6.16. The van der Waals surface area contributed by atoms with Gasteiger partial charge in [0.25, 0.3) is 0 Å². The van der Waals surface area contributed by atoms with E-state index in [9.17, 15) is 9.59 Å². The monoisotopic (exact) mass is 357 g/mol. The number of anilines is 1. The quantitative estimate of drug-likeness (QED) is 0.882. The maximum Gasteiger partial charge on any atom is 0.315 e. The van der Waals surface area contributed by atoms with E-state index >= 15 is 0 Å². The van der Waals surface area contributed by atoms with Crippen molar-refractivity contribution in [3.05, 3.63) is 64.7 Å². The summed E-state index contributed by atoms with van der Waals surface area (Å²) in [7, 11) is 0. The Bertz CT molecular complexity index is 776. The molecule has 0 aromatic heterocycles. The lowest BCUT2D eigenvalue weighted by molar-refractivity contribution is -0.117. The number of rotatable bonds is 4. The average molecular weight is 358 g/mol. The fourth-order valence-corrected chi connectivity index (χ4v) is 3.03. The highest BCUT2D eigenvalue weighted by Crippen LogP contribution is 2.22. The molecule has 0 radical (unpaired) electrons. The van der Waals surface area contributed by atoms with Gasteiger partial charge in [-0.05, 0) is 30.7 Å². The molecule has 2 aromatic carbocycles. The molecule has 25 heavy (non-hydrogen) atoms. The zero-order valence-electron chi connectivity index (χ0n) is 14.0. The average Bonchev–Trinajstić information content (AvgIpc) is 2.95. The second-order valence-corrected chi connectivity index (χ2v) is 6.57. The third-order valence-electron chi connectivity index (χ3n) is 4.20. The molecule has 0 bridgehead atoms. The number of carbonyl (C=O) groups is 2. The van der Waals surface area contributed by atoms with Crippen LogP contribution in [0.1, 0.15) is 17.5 Å². The summed E-state index contributed by atoms with van der Waals surface area (Å²) in [6, 6.07) is 14.6. The van der Waals surface area contributed by atoms with Crippen LogP contribution in [0.2, 0.25) is 5.02 Å². The highest BCUT2D eigenvalue weighted by atomic mass is 35.5. The number of amides is 3. The molecule has 1 aliphatic heterocycles. The first kappa shape index (κ1) is 17.3. The van der Waals surface area contributed by atoms with Gasteiger partial charge in [-0.3, -0.25) is 4.79 Å². The summed E-state index contributed by atoms with van der Waals surface area (Å²) in [6.07, 6.45) is 0.299. The molecule has 3 rings (SSSR count). The summed E-state index contributed by atoms with van der Waals surface area (Å²) in [5.41, 5.74) is 2.85. The molecule has 2 N–H and O–H groups in total. The van der Waals surface area contributed by atoms with Crippen LogP contribution in [-0.4, -0.2) is 24.5 Å². The standard InChI is InChI=1S/C19H20ClN3O2/c1-13-6-8-16(9-7-13)23-12-15(10-18(23)24)22-19(25)21-11-14-4-2-3-5-17(14)20/h2-9,15H,10-12H2,1H3,(H2,21,22,25)/t15-/m1/s1. The Morgan fingerprint density at radius 3 is 2.64 bits per heavy atom. The Morgan fingerprint density at radius 1 is 1.20 bits per heavy atom. The number of urea groups is 1. The molecule has 1 heterocycles. The Labute approximate surface area is 152 Å². The molecule has 0 spiro atoms. The number of aryl methyl sites for hydroxylation is 1. The minimum Gasteiger partial charge on any atom is -0.334 e. The van der Waals surface area contributed by atoms with Gasteiger partial charge >= 0.3 is 6.03 Å². The van der Waals surface area contributed by atoms with Crippen molar-refractivity contribution < 1.29 is 9.59 Å². The van der Waals surface area contributed by atoms with Crippen LogP contribution in [0.25, 0.3) is 0 Å². The molecule has 2 aromatic rings. The summed E-state index contributed by atoms with van der Waals surface area (Å²) in [5.74, 6) is 0.0141. The van der Waals surface area contributed by atoms with Gasteiger partial charge in [-0.2, -0.15) is 0 Å². The van der Waals surface area contributed by atoms with E-state index in [0.29, 0.717) is 24.5 Å². The van der Waals surface area contributed by atoms with Gasteiger partial charge in [0.05, 0.1) is 6.04 Å². The third kappa shape index (κ3) is 4.31. The highest BCUT2D eigenvalue weighted by Gasteiger charge is 2.31. The van der Waals surface area contributed by atoms with Crippen molar-refractivity contribution >= 4 is 29.2 Å². The molecule has 1 aliphatic rings. The van der Waals surface area contributed by atoms with Crippen LogP contribution in [0.15, 0.2) is 48.5 Å². The van der Waals surface area contributed by atoms with E-state index in [0.717, 1.165) is 16.8 Å². The number of halogens is 1. The fraction of sp³-hybridized carbons (Fsp3) is 0.263. The summed E-state index contributed by atoms with van der Waals surface area (Å²) in [6.45, 7) is 2.82. The van der Waals surface area contributed by atoms with Crippen molar-refractivity contribution in [1.82, 2.24) is 10.6 Å². The van der Waals surface area contributed by atoms with Crippen LogP contribution in [0.3, 0.4) is 0 Å². The van der Waals surface area contributed by atoms with Gasteiger partial charge in [0, 0.05) is 30.2 Å². The minimum atomic E-state index is -0.302. The SMILES string of the molecule is Cc1ccc(N2C[C@H](NC(=O)NCc3ccccc3Cl)CC2=O)cc1. The number of benzene rings is 2. The lowest BCUT2D eigenvalue weighted by Gasteiger charge is -2.17. The Balaban J connectivity index is 1.53. The van der Waals surface area contributed by atoms with Gasteiger partial charge < -0.3 is 15.5 Å². The molecule has 0 saturated carbocycles. The van der Waals surface area contributed by atoms with E-state index < -0.39 is 0 Å². The van der Waals surface area contributed by atoms with Crippen molar-refractivity contribution in [3.63, 3.8) is 0 Å². The summed E-state index contributed by atoms with van der Waals surface area (Å²) < 4.78 is 0. The maximum absolute atomic E-state index is 12.2. The summed E-state index contributed by atoms with van der Waals surface area (Å²) >= 11 is 6.07. The van der Waals surface area contributed by atoms with Gasteiger partial charge in [0.1, 0.15) is 0 Å². The summed E-state index contributed by atoms with van der Waals surface area (Å²) in [4.78, 5) is 26.0. The molecule has 1 saturated heterocycles. The fourth-order valence-electron chi connectivity index (χ4n) is 2.83. The molecule has 0 unspecified atom stereocenters. The molecule has 1 atom stereocenters. The van der Waals surface area contributed by atoms with Crippen molar-refractivity contribution in [3.8, 4) is 0 Å². The van der Waals surface area contributed by atoms with E-state index in [2.05, 4.69) is 10.6 Å². The topological polar surface area (TPSA) is 61.4 Å². The Kier molecular flexibility index (Phi) is 5.24. The number of nitrogens with one attached hydrogen (secondary N) is 2.